The Morgan fingerprint density at radius 3 is 1.38 bits per heavy atom. The SMILES string of the molecule is C=CC(=O)OC(CCCCCCC)CCCCCCCCCCCCC. The third kappa shape index (κ3) is 18.0. The van der Waals surface area contributed by atoms with E-state index in [2.05, 4.69) is 20.4 Å². The Bertz CT molecular complexity index is 311. The van der Waals surface area contributed by atoms with E-state index in [-0.39, 0.29) is 12.1 Å². The smallest absolute Gasteiger partial charge is 0.330 e. The number of rotatable bonds is 20. The van der Waals surface area contributed by atoms with Crippen molar-refractivity contribution in [1.29, 1.82) is 0 Å². The van der Waals surface area contributed by atoms with Crippen LogP contribution < -0.4 is 0 Å². The van der Waals surface area contributed by atoms with Gasteiger partial charge in [-0.25, -0.2) is 4.79 Å². The zero-order valence-corrected chi connectivity index (χ0v) is 17.9. The Labute approximate surface area is 164 Å². The van der Waals surface area contributed by atoms with Crippen molar-refractivity contribution in [3.63, 3.8) is 0 Å². The molecule has 0 rings (SSSR count). The van der Waals surface area contributed by atoms with Gasteiger partial charge in [0.05, 0.1) is 0 Å². The van der Waals surface area contributed by atoms with E-state index in [9.17, 15) is 4.79 Å². The summed E-state index contributed by atoms with van der Waals surface area (Å²) in [4.78, 5) is 11.5. The van der Waals surface area contributed by atoms with Gasteiger partial charge in [-0.2, -0.15) is 0 Å². The van der Waals surface area contributed by atoms with Gasteiger partial charge in [-0.3, -0.25) is 0 Å². The molecule has 2 nitrogen and oxygen atoms in total. The summed E-state index contributed by atoms with van der Waals surface area (Å²) in [5.74, 6) is -0.258. The number of unbranched alkanes of at least 4 members (excludes halogenated alkanes) is 14. The van der Waals surface area contributed by atoms with Crippen LogP contribution >= 0.6 is 0 Å². The minimum atomic E-state index is -0.258. The second-order valence-electron chi connectivity index (χ2n) is 7.79. The minimum Gasteiger partial charge on any atom is -0.459 e. The van der Waals surface area contributed by atoms with Crippen molar-refractivity contribution in [2.24, 2.45) is 0 Å². The van der Waals surface area contributed by atoms with Gasteiger partial charge in [-0.1, -0.05) is 110 Å². The lowest BCUT2D eigenvalue weighted by atomic mass is 10.0. The summed E-state index contributed by atoms with van der Waals surface area (Å²) < 4.78 is 5.54. The number of hydrogen-bond acceptors (Lipinski definition) is 2. The topological polar surface area (TPSA) is 26.3 Å². The van der Waals surface area contributed by atoms with Crippen LogP contribution in [0.3, 0.4) is 0 Å². The van der Waals surface area contributed by atoms with Crippen molar-refractivity contribution >= 4 is 5.97 Å². The predicted octanol–water partition coefficient (Wildman–Crippen LogP) is 8.15. The third-order valence-corrected chi connectivity index (χ3v) is 5.21. The van der Waals surface area contributed by atoms with Crippen LogP contribution in [0.2, 0.25) is 0 Å². The molecule has 0 aliphatic carbocycles. The zero-order valence-electron chi connectivity index (χ0n) is 17.9. The Kier molecular flexibility index (Phi) is 19.9. The summed E-state index contributed by atoms with van der Waals surface area (Å²) in [6.07, 6.45) is 24.7. The van der Waals surface area contributed by atoms with Crippen molar-refractivity contribution in [2.75, 3.05) is 0 Å². The predicted molar refractivity (Wildman–Crippen MR) is 115 cm³/mol. The van der Waals surface area contributed by atoms with E-state index >= 15 is 0 Å². The van der Waals surface area contributed by atoms with Crippen molar-refractivity contribution in [1.82, 2.24) is 0 Å². The van der Waals surface area contributed by atoms with E-state index in [1.54, 1.807) is 0 Å². The molecular weight excluding hydrogens is 320 g/mol. The Hall–Kier alpha value is -0.790. The number of hydrogen-bond donors (Lipinski definition) is 0. The van der Waals surface area contributed by atoms with E-state index < -0.39 is 0 Å². The molecular formula is C24H46O2. The molecule has 0 saturated heterocycles. The Morgan fingerprint density at radius 1 is 0.692 bits per heavy atom. The number of esters is 1. The van der Waals surface area contributed by atoms with E-state index in [1.165, 1.54) is 109 Å². The zero-order chi connectivity index (χ0) is 19.3. The van der Waals surface area contributed by atoms with Crippen molar-refractivity contribution in [3.05, 3.63) is 12.7 Å². The maximum absolute atomic E-state index is 11.5. The summed E-state index contributed by atoms with van der Waals surface area (Å²) in [7, 11) is 0. The lowest BCUT2D eigenvalue weighted by molar-refractivity contribution is -0.143. The fraction of sp³-hybridized carbons (Fsp3) is 0.875. The Balaban J connectivity index is 3.65. The van der Waals surface area contributed by atoms with E-state index in [0.717, 1.165) is 12.8 Å². The quantitative estimate of drug-likeness (QED) is 0.123. The second-order valence-corrected chi connectivity index (χ2v) is 7.79. The number of carbonyl (C=O) groups is 1. The summed E-state index contributed by atoms with van der Waals surface area (Å²) in [6.45, 7) is 8.03. The van der Waals surface area contributed by atoms with E-state index in [1.807, 2.05) is 0 Å². The van der Waals surface area contributed by atoms with Crippen LogP contribution in [-0.4, -0.2) is 12.1 Å². The molecule has 0 spiro atoms. The fourth-order valence-electron chi connectivity index (χ4n) is 3.49. The first-order valence-electron chi connectivity index (χ1n) is 11.6. The lowest BCUT2D eigenvalue weighted by Crippen LogP contribution is -2.16. The number of ether oxygens (including phenoxy) is 1. The highest BCUT2D eigenvalue weighted by Crippen LogP contribution is 2.17. The van der Waals surface area contributed by atoms with Gasteiger partial charge in [0.25, 0.3) is 0 Å². The van der Waals surface area contributed by atoms with Gasteiger partial charge in [-0.05, 0) is 25.7 Å². The minimum absolute atomic E-state index is 0.0979. The lowest BCUT2D eigenvalue weighted by Gasteiger charge is -2.17. The highest BCUT2D eigenvalue weighted by atomic mass is 16.5. The van der Waals surface area contributed by atoms with Crippen LogP contribution in [0, 0.1) is 0 Å². The molecule has 0 aromatic heterocycles. The van der Waals surface area contributed by atoms with Crippen molar-refractivity contribution in [3.8, 4) is 0 Å². The van der Waals surface area contributed by atoms with E-state index in [4.69, 9.17) is 4.74 Å². The van der Waals surface area contributed by atoms with Gasteiger partial charge in [0, 0.05) is 6.08 Å². The molecule has 0 saturated carbocycles. The molecule has 154 valence electrons. The molecule has 0 radical (unpaired) electrons. The van der Waals surface area contributed by atoms with Gasteiger partial charge in [-0.15, -0.1) is 0 Å². The molecule has 0 heterocycles. The molecule has 1 atom stereocenters. The number of carbonyl (C=O) groups excluding carboxylic acids is 1. The first-order valence-corrected chi connectivity index (χ1v) is 11.6. The van der Waals surface area contributed by atoms with Crippen LogP contribution in [0.5, 0.6) is 0 Å². The van der Waals surface area contributed by atoms with Gasteiger partial charge < -0.3 is 4.74 Å². The molecule has 0 aromatic rings. The molecule has 0 aliphatic rings. The summed E-state index contributed by atoms with van der Waals surface area (Å²) in [5, 5.41) is 0. The molecule has 0 fully saturated rings. The fourth-order valence-corrected chi connectivity index (χ4v) is 3.49. The van der Waals surface area contributed by atoms with Gasteiger partial charge >= 0.3 is 5.97 Å². The van der Waals surface area contributed by atoms with Crippen molar-refractivity contribution < 1.29 is 9.53 Å². The first kappa shape index (κ1) is 25.2. The molecule has 26 heavy (non-hydrogen) atoms. The van der Waals surface area contributed by atoms with Crippen LogP contribution in [0.25, 0.3) is 0 Å². The molecule has 1 unspecified atom stereocenters. The maximum atomic E-state index is 11.5. The van der Waals surface area contributed by atoms with Crippen LogP contribution in [0.4, 0.5) is 0 Å². The average molecular weight is 367 g/mol. The Morgan fingerprint density at radius 2 is 1.04 bits per heavy atom. The second kappa shape index (κ2) is 20.5. The monoisotopic (exact) mass is 366 g/mol. The van der Waals surface area contributed by atoms with Crippen LogP contribution in [0.15, 0.2) is 12.7 Å². The first-order chi connectivity index (χ1) is 12.7. The molecule has 2 heteroatoms. The standard InChI is InChI=1S/C24H46O2/c1-4-7-9-11-12-13-14-15-16-18-20-22-23(26-24(25)6-3)21-19-17-10-8-5-2/h6,23H,3-5,7-22H2,1-2H3. The van der Waals surface area contributed by atoms with E-state index in [0.29, 0.717) is 0 Å². The van der Waals surface area contributed by atoms with Gasteiger partial charge in [0.15, 0.2) is 0 Å². The third-order valence-electron chi connectivity index (χ3n) is 5.21. The highest BCUT2D eigenvalue weighted by molar-refractivity contribution is 5.81. The molecule has 0 bridgehead atoms. The van der Waals surface area contributed by atoms with Crippen molar-refractivity contribution in [2.45, 2.75) is 136 Å². The molecule has 0 aliphatic heterocycles. The van der Waals surface area contributed by atoms with Gasteiger partial charge in [0.2, 0.25) is 0 Å². The van der Waals surface area contributed by atoms with Crippen LogP contribution in [-0.2, 0) is 9.53 Å². The summed E-state index contributed by atoms with van der Waals surface area (Å²) in [5.41, 5.74) is 0. The molecule has 0 aromatic carbocycles. The highest BCUT2D eigenvalue weighted by Gasteiger charge is 2.12. The average Bonchev–Trinajstić information content (AvgIpc) is 2.65. The maximum Gasteiger partial charge on any atom is 0.330 e. The largest absolute Gasteiger partial charge is 0.459 e. The normalized spacial score (nSPS) is 12.1. The summed E-state index contributed by atoms with van der Waals surface area (Å²) in [6, 6.07) is 0. The van der Waals surface area contributed by atoms with Gasteiger partial charge in [0.1, 0.15) is 6.10 Å². The molecule has 0 amide bonds. The molecule has 0 N–H and O–H groups in total. The summed E-state index contributed by atoms with van der Waals surface area (Å²) >= 11 is 0. The van der Waals surface area contributed by atoms with Crippen LogP contribution in [0.1, 0.15) is 129 Å².